The van der Waals surface area contributed by atoms with Gasteiger partial charge in [-0.1, -0.05) is 36.8 Å². The summed E-state index contributed by atoms with van der Waals surface area (Å²) in [6.45, 7) is 11.5. The molecule has 2 aromatic rings. The molecule has 0 saturated carbocycles. The van der Waals surface area contributed by atoms with Crippen LogP contribution in [-0.2, 0) is 6.42 Å². The maximum Gasteiger partial charge on any atom is 0.122 e. The molecule has 0 aliphatic carbocycles. The van der Waals surface area contributed by atoms with E-state index in [0.717, 1.165) is 36.0 Å². The van der Waals surface area contributed by atoms with Crippen molar-refractivity contribution >= 4 is 0 Å². The standard InChI is InChI=1S/C15H22O2.C14H22O3/c1-11(2)6-5-7-12(3)14-9-8-13(17-4)10-15(14)16;1-10-7-8-11(12(15)9-10)5-4-6-13(16)14(2,3)17/h6,8-10,12,16H,5,7H2,1-4H3;7-9,13,15-17H,4-6H2,1-3H3. The van der Waals surface area contributed by atoms with Crippen LogP contribution in [0.5, 0.6) is 17.2 Å². The monoisotopic (exact) mass is 472 g/mol. The summed E-state index contributed by atoms with van der Waals surface area (Å²) in [7, 11) is 1.60. The minimum atomic E-state index is -1.06. The second-order valence-electron chi connectivity index (χ2n) is 9.88. The molecule has 0 aromatic heterocycles. The zero-order valence-electron chi connectivity index (χ0n) is 21.9. The van der Waals surface area contributed by atoms with Gasteiger partial charge in [0, 0.05) is 6.07 Å². The Kier molecular flexibility index (Phi) is 12.2. The van der Waals surface area contributed by atoms with Crippen LogP contribution in [0.1, 0.15) is 82.9 Å². The highest BCUT2D eigenvalue weighted by molar-refractivity contribution is 5.41. The van der Waals surface area contributed by atoms with E-state index in [-0.39, 0.29) is 0 Å². The van der Waals surface area contributed by atoms with Crippen molar-refractivity contribution in [2.75, 3.05) is 7.11 Å². The zero-order valence-corrected chi connectivity index (χ0v) is 21.9. The van der Waals surface area contributed by atoms with Gasteiger partial charge < -0.3 is 25.2 Å². The van der Waals surface area contributed by atoms with Crippen molar-refractivity contribution in [2.45, 2.75) is 91.3 Å². The molecule has 2 rings (SSSR count). The van der Waals surface area contributed by atoms with Crippen molar-refractivity contribution < 1.29 is 25.2 Å². The maximum atomic E-state index is 9.91. The second kappa shape index (κ2) is 14.0. The Labute approximate surface area is 205 Å². The molecule has 0 heterocycles. The summed E-state index contributed by atoms with van der Waals surface area (Å²) >= 11 is 0. The number of hydrogen-bond acceptors (Lipinski definition) is 5. The molecule has 2 unspecified atom stereocenters. The first-order valence-electron chi connectivity index (χ1n) is 12.0. The van der Waals surface area contributed by atoms with Crippen molar-refractivity contribution in [3.63, 3.8) is 0 Å². The predicted molar refractivity (Wildman–Crippen MR) is 140 cm³/mol. The van der Waals surface area contributed by atoms with Crippen LogP contribution in [0.15, 0.2) is 48.0 Å². The first-order chi connectivity index (χ1) is 15.8. The molecular weight excluding hydrogens is 428 g/mol. The van der Waals surface area contributed by atoms with Gasteiger partial charge in [-0.15, -0.1) is 0 Å². The van der Waals surface area contributed by atoms with E-state index >= 15 is 0 Å². The number of benzene rings is 2. The fraction of sp³-hybridized carbons (Fsp3) is 0.517. The SMILES string of the molecule is COc1ccc(C(C)CCC=C(C)C)c(O)c1.Cc1ccc(CCCC(O)C(C)(C)O)c(O)c1. The summed E-state index contributed by atoms with van der Waals surface area (Å²) in [5, 5.41) is 38.9. The van der Waals surface area contributed by atoms with E-state index in [2.05, 4.69) is 26.8 Å². The van der Waals surface area contributed by atoms with Gasteiger partial charge in [0.25, 0.3) is 0 Å². The molecule has 34 heavy (non-hydrogen) atoms. The molecule has 0 bridgehead atoms. The summed E-state index contributed by atoms with van der Waals surface area (Å²) in [6, 6.07) is 11.1. The quantitative estimate of drug-likeness (QED) is 0.300. The fourth-order valence-corrected chi connectivity index (χ4v) is 3.57. The van der Waals surface area contributed by atoms with Gasteiger partial charge in [0.15, 0.2) is 0 Å². The number of ether oxygens (including phenoxy) is 1. The minimum absolute atomic E-state index is 0.308. The fourth-order valence-electron chi connectivity index (χ4n) is 3.57. The molecule has 5 heteroatoms. The number of aliphatic hydroxyl groups is 2. The third kappa shape index (κ3) is 10.6. The van der Waals surface area contributed by atoms with Gasteiger partial charge >= 0.3 is 0 Å². The number of aliphatic hydroxyl groups excluding tert-OH is 1. The van der Waals surface area contributed by atoms with Gasteiger partial charge in [-0.25, -0.2) is 0 Å². The van der Waals surface area contributed by atoms with Gasteiger partial charge in [-0.3, -0.25) is 0 Å². The summed E-state index contributed by atoms with van der Waals surface area (Å²) < 4.78 is 5.07. The summed E-state index contributed by atoms with van der Waals surface area (Å²) in [5.74, 6) is 1.69. The Morgan fingerprint density at radius 1 is 1.03 bits per heavy atom. The van der Waals surface area contributed by atoms with Gasteiger partial charge in [-0.05, 0) is 101 Å². The number of methoxy groups -OCH3 is 1. The normalized spacial score (nSPS) is 12.9. The number of rotatable bonds is 10. The number of aryl methyl sites for hydroxylation is 2. The summed E-state index contributed by atoms with van der Waals surface area (Å²) in [6.07, 6.45) is 5.57. The lowest BCUT2D eigenvalue weighted by Crippen LogP contribution is -2.35. The van der Waals surface area contributed by atoms with E-state index in [9.17, 15) is 20.4 Å². The van der Waals surface area contributed by atoms with Crippen molar-refractivity contribution in [1.82, 2.24) is 0 Å². The smallest absolute Gasteiger partial charge is 0.122 e. The summed E-state index contributed by atoms with van der Waals surface area (Å²) in [4.78, 5) is 0. The summed E-state index contributed by atoms with van der Waals surface area (Å²) in [5.41, 5.74) is 3.19. The third-order valence-corrected chi connectivity index (χ3v) is 5.90. The second-order valence-corrected chi connectivity index (χ2v) is 9.88. The van der Waals surface area contributed by atoms with Crippen LogP contribution in [0.25, 0.3) is 0 Å². The molecule has 0 saturated heterocycles. The number of allylic oxidation sites excluding steroid dienone is 2. The predicted octanol–water partition coefficient (Wildman–Crippen LogP) is 6.41. The average Bonchev–Trinajstić information content (AvgIpc) is 2.74. The van der Waals surface area contributed by atoms with E-state index in [0.29, 0.717) is 36.0 Å². The van der Waals surface area contributed by atoms with Crippen molar-refractivity contribution in [1.29, 1.82) is 0 Å². The van der Waals surface area contributed by atoms with Gasteiger partial charge in [0.1, 0.15) is 17.2 Å². The highest BCUT2D eigenvalue weighted by atomic mass is 16.5. The van der Waals surface area contributed by atoms with Gasteiger partial charge in [0.2, 0.25) is 0 Å². The van der Waals surface area contributed by atoms with Crippen LogP contribution in [-0.4, -0.2) is 39.2 Å². The first kappa shape index (κ1) is 29.5. The average molecular weight is 473 g/mol. The Balaban J connectivity index is 0.000000340. The van der Waals surface area contributed by atoms with Crippen LogP contribution in [0.4, 0.5) is 0 Å². The number of phenols is 2. The largest absolute Gasteiger partial charge is 0.508 e. The maximum absolute atomic E-state index is 9.91. The lowest BCUT2D eigenvalue weighted by Gasteiger charge is -2.24. The lowest BCUT2D eigenvalue weighted by molar-refractivity contribution is -0.0519. The Morgan fingerprint density at radius 3 is 2.24 bits per heavy atom. The van der Waals surface area contributed by atoms with Crippen molar-refractivity contribution in [3.05, 3.63) is 64.7 Å². The molecule has 2 atom stereocenters. The number of phenolic OH excluding ortho intramolecular Hbond substituents is 2. The Bertz CT molecular complexity index is 907. The molecule has 0 radical (unpaired) electrons. The van der Waals surface area contributed by atoms with E-state index in [1.807, 2.05) is 31.2 Å². The van der Waals surface area contributed by atoms with Crippen LogP contribution in [0.3, 0.4) is 0 Å². The lowest BCUT2D eigenvalue weighted by atomic mass is 9.95. The molecule has 0 amide bonds. The topological polar surface area (TPSA) is 90.2 Å². The van der Waals surface area contributed by atoms with E-state index in [1.54, 1.807) is 33.1 Å². The molecule has 0 fully saturated rings. The highest BCUT2D eigenvalue weighted by Crippen LogP contribution is 2.32. The highest BCUT2D eigenvalue weighted by Gasteiger charge is 2.23. The van der Waals surface area contributed by atoms with Gasteiger partial charge in [-0.2, -0.15) is 0 Å². The number of hydrogen-bond donors (Lipinski definition) is 4. The van der Waals surface area contributed by atoms with Crippen molar-refractivity contribution in [2.24, 2.45) is 0 Å². The van der Waals surface area contributed by atoms with Gasteiger partial charge in [0.05, 0.1) is 18.8 Å². The minimum Gasteiger partial charge on any atom is -0.508 e. The molecule has 0 spiro atoms. The van der Waals surface area contributed by atoms with Crippen LogP contribution < -0.4 is 4.74 Å². The van der Waals surface area contributed by atoms with E-state index in [4.69, 9.17) is 4.74 Å². The molecule has 0 aliphatic heterocycles. The zero-order chi connectivity index (χ0) is 25.9. The Hall–Kier alpha value is -2.50. The third-order valence-electron chi connectivity index (χ3n) is 5.90. The molecule has 4 N–H and O–H groups in total. The first-order valence-corrected chi connectivity index (χ1v) is 12.0. The van der Waals surface area contributed by atoms with E-state index < -0.39 is 11.7 Å². The van der Waals surface area contributed by atoms with E-state index in [1.165, 1.54) is 5.57 Å². The molecule has 190 valence electrons. The van der Waals surface area contributed by atoms with Crippen LogP contribution >= 0.6 is 0 Å². The molecular formula is C29H44O5. The molecule has 2 aromatic carbocycles. The van der Waals surface area contributed by atoms with Crippen LogP contribution in [0.2, 0.25) is 0 Å². The Morgan fingerprint density at radius 2 is 1.71 bits per heavy atom. The van der Waals surface area contributed by atoms with Crippen molar-refractivity contribution in [3.8, 4) is 17.2 Å². The molecule has 0 aliphatic rings. The number of aromatic hydroxyl groups is 2. The van der Waals surface area contributed by atoms with Crippen LogP contribution in [0, 0.1) is 6.92 Å². The molecule has 5 nitrogen and oxygen atoms in total.